The Balaban J connectivity index is 2.24. The number of carbonyl (C=O) groups excluding carboxylic acids is 1. The van der Waals surface area contributed by atoms with E-state index in [-0.39, 0.29) is 5.82 Å². The van der Waals surface area contributed by atoms with Gasteiger partial charge in [0.2, 0.25) is 0 Å². The highest BCUT2D eigenvalue weighted by Gasteiger charge is 2.31. The third kappa shape index (κ3) is 3.01. The Morgan fingerprint density at radius 3 is 2.46 bits per heavy atom. The molecule has 4 heteroatoms. The summed E-state index contributed by atoms with van der Waals surface area (Å²) in [6.07, 6.45) is 2.20. The average Bonchev–Trinajstić information content (AvgIpc) is 3.42. The number of methoxy groups -OCH3 is 1. The van der Waals surface area contributed by atoms with Crippen LogP contribution >= 0.6 is 0 Å². The van der Waals surface area contributed by atoms with Gasteiger partial charge in [0.1, 0.15) is 17.1 Å². The van der Waals surface area contributed by atoms with Gasteiger partial charge in [-0.3, -0.25) is 0 Å². The summed E-state index contributed by atoms with van der Waals surface area (Å²) < 4.78 is 24.0. The van der Waals surface area contributed by atoms with Crippen molar-refractivity contribution in [1.82, 2.24) is 0 Å². The number of carbonyl (C=O) groups is 1. The lowest BCUT2D eigenvalue weighted by molar-refractivity contribution is 0.0596. The normalized spacial score (nSPS) is 13.7. The fourth-order valence-corrected chi connectivity index (χ4v) is 3.13. The molecule has 0 amide bonds. The van der Waals surface area contributed by atoms with Crippen LogP contribution in [0.4, 0.5) is 4.39 Å². The van der Waals surface area contributed by atoms with Crippen LogP contribution in [0.15, 0.2) is 30.3 Å². The smallest absolute Gasteiger partial charge is 0.341 e. The van der Waals surface area contributed by atoms with Gasteiger partial charge in [0.05, 0.1) is 13.7 Å². The van der Waals surface area contributed by atoms with Crippen molar-refractivity contribution in [3.63, 3.8) is 0 Å². The van der Waals surface area contributed by atoms with Crippen molar-refractivity contribution in [2.75, 3.05) is 13.7 Å². The van der Waals surface area contributed by atoms with Crippen molar-refractivity contribution in [1.29, 1.82) is 0 Å². The van der Waals surface area contributed by atoms with Gasteiger partial charge in [0.15, 0.2) is 0 Å². The highest BCUT2D eigenvalue weighted by atomic mass is 19.1. The molecule has 3 rings (SSSR count). The van der Waals surface area contributed by atoms with E-state index in [0.29, 0.717) is 23.8 Å². The van der Waals surface area contributed by atoms with E-state index in [1.807, 2.05) is 19.9 Å². The fourth-order valence-electron chi connectivity index (χ4n) is 3.13. The molecule has 1 aliphatic carbocycles. The van der Waals surface area contributed by atoms with Gasteiger partial charge in [-0.25, -0.2) is 9.18 Å². The maximum Gasteiger partial charge on any atom is 0.341 e. The Labute approximate surface area is 141 Å². The first-order valence-corrected chi connectivity index (χ1v) is 8.21. The molecule has 1 aliphatic rings. The molecule has 0 radical (unpaired) electrons. The topological polar surface area (TPSA) is 35.5 Å². The quantitative estimate of drug-likeness (QED) is 0.735. The van der Waals surface area contributed by atoms with Gasteiger partial charge in [0, 0.05) is 5.56 Å². The molecule has 0 heterocycles. The first kappa shape index (κ1) is 16.5. The summed E-state index contributed by atoms with van der Waals surface area (Å²) in [5.74, 6) is 0.325. The van der Waals surface area contributed by atoms with E-state index in [0.717, 1.165) is 35.1 Å². The Hall–Kier alpha value is -2.36. The monoisotopic (exact) mass is 328 g/mol. The molecule has 0 saturated heterocycles. The predicted octanol–water partition coefficient (Wildman–Crippen LogP) is 4.86. The van der Waals surface area contributed by atoms with Crippen LogP contribution in [0.3, 0.4) is 0 Å². The molecule has 126 valence electrons. The summed E-state index contributed by atoms with van der Waals surface area (Å²) in [5, 5.41) is 0. The van der Waals surface area contributed by atoms with Gasteiger partial charge in [0.25, 0.3) is 0 Å². The zero-order chi connectivity index (χ0) is 17.3. The van der Waals surface area contributed by atoms with Crippen molar-refractivity contribution in [2.24, 2.45) is 0 Å². The van der Waals surface area contributed by atoms with Crippen LogP contribution in [0.5, 0.6) is 5.75 Å². The van der Waals surface area contributed by atoms with E-state index in [1.165, 1.54) is 19.2 Å². The Morgan fingerprint density at radius 2 is 1.92 bits per heavy atom. The average molecular weight is 328 g/mol. The maximum absolute atomic E-state index is 13.3. The van der Waals surface area contributed by atoms with Crippen LogP contribution < -0.4 is 4.74 Å². The number of rotatable bonds is 5. The van der Waals surface area contributed by atoms with E-state index in [4.69, 9.17) is 9.47 Å². The number of hydrogen-bond acceptors (Lipinski definition) is 3. The maximum atomic E-state index is 13.3. The minimum Gasteiger partial charge on any atom is -0.493 e. The molecule has 0 unspecified atom stereocenters. The lowest BCUT2D eigenvalue weighted by atomic mass is 9.89. The van der Waals surface area contributed by atoms with Gasteiger partial charge >= 0.3 is 5.97 Å². The molecule has 2 aromatic carbocycles. The first-order chi connectivity index (χ1) is 11.6. The van der Waals surface area contributed by atoms with E-state index < -0.39 is 5.97 Å². The zero-order valence-electron chi connectivity index (χ0n) is 14.2. The van der Waals surface area contributed by atoms with Crippen LogP contribution in [-0.4, -0.2) is 19.7 Å². The number of halogens is 1. The van der Waals surface area contributed by atoms with Crippen molar-refractivity contribution >= 4 is 5.97 Å². The summed E-state index contributed by atoms with van der Waals surface area (Å²) >= 11 is 0. The lowest BCUT2D eigenvalue weighted by Crippen LogP contribution is -2.09. The van der Waals surface area contributed by atoms with Gasteiger partial charge in [-0.15, -0.1) is 0 Å². The van der Waals surface area contributed by atoms with Gasteiger partial charge in [-0.1, -0.05) is 12.1 Å². The fraction of sp³-hybridized carbons (Fsp3) is 0.350. The minimum atomic E-state index is -0.394. The molecule has 3 nitrogen and oxygen atoms in total. The molecule has 0 spiro atoms. The molecule has 0 aliphatic heterocycles. The molecular weight excluding hydrogens is 307 g/mol. The van der Waals surface area contributed by atoms with E-state index in [1.54, 1.807) is 12.1 Å². The molecule has 0 atom stereocenters. The summed E-state index contributed by atoms with van der Waals surface area (Å²) in [4.78, 5) is 12.2. The summed E-state index contributed by atoms with van der Waals surface area (Å²) in [6.45, 7) is 4.28. The van der Waals surface area contributed by atoms with E-state index >= 15 is 0 Å². The Kier molecular flexibility index (Phi) is 4.56. The number of ether oxygens (including phenoxy) is 2. The van der Waals surface area contributed by atoms with Gasteiger partial charge in [-0.2, -0.15) is 0 Å². The van der Waals surface area contributed by atoms with Crippen molar-refractivity contribution in [3.05, 3.63) is 52.8 Å². The number of esters is 1. The number of hydrogen-bond donors (Lipinski definition) is 0. The Bertz CT molecular complexity index is 761. The second-order valence-corrected chi connectivity index (χ2v) is 6.05. The summed E-state index contributed by atoms with van der Waals surface area (Å²) in [7, 11) is 1.37. The molecule has 0 aromatic heterocycles. The Morgan fingerprint density at radius 1 is 1.25 bits per heavy atom. The highest BCUT2D eigenvalue weighted by Crippen LogP contribution is 2.48. The lowest BCUT2D eigenvalue weighted by Gasteiger charge is -2.20. The molecule has 1 fully saturated rings. The van der Waals surface area contributed by atoms with Gasteiger partial charge in [-0.05, 0) is 67.5 Å². The second kappa shape index (κ2) is 6.63. The molecule has 24 heavy (non-hydrogen) atoms. The van der Waals surface area contributed by atoms with Crippen LogP contribution in [0.2, 0.25) is 0 Å². The first-order valence-electron chi connectivity index (χ1n) is 8.21. The molecular formula is C20H21FO3. The third-order valence-electron chi connectivity index (χ3n) is 4.39. The SMILES string of the molecule is CCOc1c(C(=O)OC)cc(C2CC2)c(-c2ccc(F)cc2)c1C. The summed E-state index contributed by atoms with van der Waals surface area (Å²) in [5.41, 5.74) is 4.45. The van der Waals surface area contributed by atoms with Crippen LogP contribution in [0.25, 0.3) is 11.1 Å². The minimum absolute atomic E-state index is 0.263. The standard InChI is InChI=1S/C20H21FO3/c1-4-24-19-12(2)18(14-7-9-15(21)10-8-14)16(13-5-6-13)11-17(19)20(22)23-3/h7-11,13H,4-6H2,1-3H3. The zero-order valence-corrected chi connectivity index (χ0v) is 14.2. The van der Waals surface area contributed by atoms with Crippen LogP contribution in [-0.2, 0) is 4.74 Å². The van der Waals surface area contributed by atoms with E-state index in [9.17, 15) is 9.18 Å². The van der Waals surface area contributed by atoms with Crippen LogP contribution in [0.1, 0.15) is 47.2 Å². The predicted molar refractivity (Wildman–Crippen MR) is 91.1 cm³/mol. The summed E-state index contributed by atoms with van der Waals surface area (Å²) in [6, 6.07) is 8.36. The molecule has 0 bridgehead atoms. The van der Waals surface area contributed by atoms with Crippen molar-refractivity contribution < 1.29 is 18.7 Å². The van der Waals surface area contributed by atoms with E-state index in [2.05, 4.69) is 0 Å². The largest absolute Gasteiger partial charge is 0.493 e. The molecule has 1 saturated carbocycles. The molecule has 0 N–H and O–H groups in total. The van der Waals surface area contributed by atoms with Crippen molar-refractivity contribution in [3.8, 4) is 16.9 Å². The van der Waals surface area contributed by atoms with Crippen molar-refractivity contribution in [2.45, 2.75) is 32.6 Å². The number of benzene rings is 2. The second-order valence-electron chi connectivity index (χ2n) is 6.05. The van der Waals surface area contributed by atoms with Gasteiger partial charge < -0.3 is 9.47 Å². The highest BCUT2D eigenvalue weighted by molar-refractivity contribution is 5.95. The molecule has 2 aromatic rings. The van der Waals surface area contributed by atoms with Crippen LogP contribution in [0, 0.1) is 12.7 Å². The third-order valence-corrected chi connectivity index (χ3v) is 4.39.